The number of halogens is 2. The Bertz CT molecular complexity index is 728. The first-order chi connectivity index (χ1) is 10.6. The highest BCUT2D eigenvalue weighted by Gasteiger charge is 2.37. The first-order valence-electron chi connectivity index (χ1n) is 7.62. The molecule has 0 aliphatic carbocycles. The molecule has 1 aromatic heterocycles. The second-order valence-electron chi connectivity index (χ2n) is 6.20. The molecule has 2 fully saturated rings. The number of benzene rings is 1. The molecule has 2 atom stereocenters. The lowest BCUT2D eigenvalue weighted by molar-refractivity contribution is 0.0781. The number of amides is 1. The van der Waals surface area contributed by atoms with E-state index in [1.54, 1.807) is 4.90 Å². The van der Waals surface area contributed by atoms with Crippen molar-refractivity contribution >= 4 is 16.8 Å². The molecule has 0 bridgehead atoms. The Labute approximate surface area is 126 Å². The molecule has 0 radical (unpaired) electrons. The Morgan fingerprint density at radius 1 is 1.23 bits per heavy atom. The predicted octanol–water partition coefficient (Wildman–Crippen LogP) is 2.27. The second kappa shape index (κ2) is 5.05. The molecule has 0 saturated carbocycles. The van der Waals surface area contributed by atoms with Crippen molar-refractivity contribution in [2.75, 3.05) is 19.6 Å². The van der Waals surface area contributed by atoms with Crippen LogP contribution in [0.2, 0.25) is 0 Å². The molecule has 3 heterocycles. The summed E-state index contributed by atoms with van der Waals surface area (Å²) in [5.41, 5.74) is 0.633. The van der Waals surface area contributed by atoms with E-state index in [4.69, 9.17) is 0 Å². The molecule has 4 nitrogen and oxygen atoms in total. The highest BCUT2D eigenvalue weighted by molar-refractivity contribution is 5.98. The normalized spacial score (nSPS) is 24.7. The van der Waals surface area contributed by atoms with Crippen molar-refractivity contribution in [1.82, 2.24) is 15.2 Å². The summed E-state index contributed by atoms with van der Waals surface area (Å²) in [7, 11) is 0. The monoisotopic (exact) mass is 305 g/mol. The van der Waals surface area contributed by atoms with Crippen molar-refractivity contribution in [3.05, 3.63) is 35.5 Å². The van der Waals surface area contributed by atoms with Gasteiger partial charge < -0.3 is 15.2 Å². The van der Waals surface area contributed by atoms with Gasteiger partial charge in [-0.2, -0.15) is 0 Å². The van der Waals surface area contributed by atoms with Crippen molar-refractivity contribution in [2.45, 2.75) is 18.9 Å². The summed E-state index contributed by atoms with van der Waals surface area (Å²) < 4.78 is 27.0. The van der Waals surface area contributed by atoms with Gasteiger partial charge in [-0.05, 0) is 37.4 Å². The maximum absolute atomic E-state index is 13.7. The van der Waals surface area contributed by atoms with Crippen LogP contribution >= 0.6 is 0 Å². The van der Waals surface area contributed by atoms with E-state index >= 15 is 0 Å². The van der Waals surface area contributed by atoms with E-state index < -0.39 is 11.6 Å². The maximum Gasteiger partial charge on any atom is 0.270 e. The number of hydrogen-bond acceptors (Lipinski definition) is 2. The highest BCUT2D eigenvalue weighted by Crippen LogP contribution is 2.27. The van der Waals surface area contributed by atoms with Crippen molar-refractivity contribution in [3.8, 4) is 0 Å². The van der Waals surface area contributed by atoms with Crippen LogP contribution in [0.3, 0.4) is 0 Å². The summed E-state index contributed by atoms with van der Waals surface area (Å²) in [6.45, 7) is 2.40. The Balaban J connectivity index is 1.62. The lowest BCUT2D eigenvalue weighted by atomic mass is 9.94. The Morgan fingerprint density at radius 2 is 2.09 bits per heavy atom. The van der Waals surface area contributed by atoms with Gasteiger partial charge >= 0.3 is 0 Å². The van der Waals surface area contributed by atoms with Gasteiger partial charge in [0.2, 0.25) is 0 Å². The molecule has 2 saturated heterocycles. The molecule has 2 aliphatic heterocycles. The molecule has 0 unspecified atom stereocenters. The highest BCUT2D eigenvalue weighted by atomic mass is 19.1. The van der Waals surface area contributed by atoms with Gasteiger partial charge in [0, 0.05) is 30.6 Å². The smallest absolute Gasteiger partial charge is 0.270 e. The van der Waals surface area contributed by atoms with E-state index in [1.807, 2.05) is 0 Å². The number of rotatable bonds is 1. The first-order valence-corrected chi connectivity index (χ1v) is 7.62. The van der Waals surface area contributed by atoms with Crippen LogP contribution in [0.5, 0.6) is 0 Å². The third kappa shape index (κ3) is 2.18. The van der Waals surface area contributed by atoms with Gasteiger partial charge in [0.15, 0.2) is 0 Å². The number of aromatic nitrogens is 1. The van der Waals surface area contributed by atoms with Crippen molar-refractivity contribution in [1.29, 1.82) is 0 Å². The van der Waals surface area contributed by atoms with Gasteiger partial charge in [0.25, 0.3) is 5.91 Å². The third-order valence-electron chi connectivity index (χ3n) is 4.77. The van der Waals surface area contributed by atoms with Crippen LogP contribution in [0.1, 0.15) is 23.3 Å². The number of aromatic amines is 1. The van der Waals surface area contributed by atoms with Gasteiger partial charge in [-0.25, -0.2) is 8.78 Å². The summed E-state index contributed by atoms with van der Waals surface area (Å²) >= 11 is 0. The van der Waals surface area contributed by atoms with Gasteiger partial charge in [0.05, 0.1) is 5.52 Å². The van der Waals surface area contributed by atoms with Crippen LogP contribution in [0.25, 0.3) is 10.9 Å². The zero-order chi connectivity index (χ0) is 15.3. The quantitative estimate of drug-likeness (QED) is 0.849. The fourth-order valence-corrected chi connectivity index (χ4v) is 3.66. The summed E-state index contributed by atoms with van der Waals surface area (Å²) in [6.07, 6.45) is 2.27. The lowest BCUT2D eigenvalue weighted by Crippen LogP contribution is -2.41. The van der Waals surface area contributed by atoms with Gasteiger partial charge in [-0.3, -0.25) is 4.79 Å². The summed E-state index contributed by atoms with van der Waals surface area (Å²) in [5.74, 6) is -0.951. The zero-order valence-corrected chi connectivity index (χ0v) is 12.0. The third-order valence-corrected chi connectivity index (χ3v) is 4.77. The molecule has 1 aromatic carbocycles. The maximum atomic E-state index is 13.7. The zero-order valence-electron chi connectivity index (χ0n) is 12.0. The minimum absolute atomic E-state index is 0.146. The minimum atomic E-state index is -0.651. The Kier molecular flexibility index (Phi) is 3.14. The topological polar surface area (TPSA) is 48.1 Å². The molecule has 116 valence electrons. The number of carbonyl (C=O) groups is 1. The van der Waals surface area contributed by atoms with E-state index in [2.05, 4.69) is 10.3 Å². The lowest BCUT2D eigenvalue weighted by Gasteiger charge is -2.24. The van der Waals surface area contributed by atoms with Gasteiger partial charge in [-0.1, -0.05) is 0 Å². The van der Waals surface area contributed by atoms with E-state index in [0.29, 0.717) is 29.7 Å². The average molecular weight is 305 g/mol. The predicted molar refractivity (Wildman–Crippen MR) is 78.6 cm³/mol. The molecule has 2 aliphatic rings. The Hall–Kier alpha value is -1.95. The number of likely N-dealkylation sites (tertiary alicyclic amines) is 1. The second-order valence-corrected chi connectivity index (χ2v) is 6.20. The molecule has 2 aromatic rings. The van der Waals surface area contributed by atoms with Crippen LogP contribution in [-0.4, -0.2) is 41.5 Å². The fraction of sp³-hybridized carbons (Fsp3) is 0.438. The number of fused-ring (bicyclic) bond motifs is 2. The standard InChI is InChI=1S/C16H17F2N3O/c17-10-4-12(18)11-6-14(20-13(11)5-10)16(22)21-7-9-2-1-3-19-15(9)8-21/h4-6,9,15,19-20H,1-3,7-8H2/t9-,15+/m1/s1. The van der Waals surface area contributed by atoms with Crippen LogP contribution < -0.4 is 5.32 Å². The van der Waals surface area contributed by atoms with Gasteiger partial charge in [-0.15, -0.1) is 0 Å². The van der Waals surface area contributed by atoms with E-state index in [1.165, 1.54) is 12.1 Å². The van der Waals surface area contributed by atoms with Crippen LogP contribution in [0, 0.1) is 17.6 Å². The molecular formula is C16H17F2N3O. The first kappa shape index (κ1) is 13.7. The number of carbonyl (C=O) groups excluding carboxylic acids is 1. The molecule has 2 N–H and O–H groups in total. The number of nitrogens with zero attached hydrogens (tertiary/aromatic N) is 1. The van der Waals surface area contributed by atoms with Crippen LogP contribution in [0.4, 0.5) is 8.78 Å². The number of piperidine rings is 1. The summed E-state index contributed by atoms with van der Waals surface area (Å²) in [4.78, 5) is 17.2. The van der Waals surface area contributed by atoms with Crippen molar-refractivity contribution in [3.63, 3.8) is 0 Å². The number of hydrogen-bond donors (Lipinski definition) is 2. The van der Waals surface area contributed by atoms with Gasteiger partial charge in [0.1, 0.15) is 17.3 Å². The minimum Gasteiger partial charge on any atom is -0.350 e. The average Bonchev–Trinajstić information content (AvgIpc) is 3.09. The SMILES string of the molecule is O=C(c1cc2c(F)cc(F)cc2[nH]1)N1C[C@H]2CCCN[C@H]2C1. The largest absolute Gasteiger partial charge is 0.350 e. The number of H-pyrrole nitrogens is 1. The van der Waals surface area contributed by atoms with E-state index in [-0.39, 0.29) is 11.3 Å². The number of nitrogens with one attached hydrogen (secondary N) is 2. The molecule has 0 spiro atoms. The van der Waals surface area contributed by atoms with Crippen LogP contribution in [0.15, 0.2) is 18.2 Å². The van der Waals surface area contributed by atoms with E-state index in [0.717, 1.165) is 32.0 Å². The van der Waals surface area contributed by atoms with Crippen molar-refractivity contribution in [2.24, 2.45) is 5.92 Å². The summed E-state index contributed by atoms with van der Waals surface area (Å²) in [6, 6.07) is 3.87. The molecule has 6 heteroatoms. The molecule has 4 rings (SSSR count). The van der Waals surface area contributed by atoms with E-state index in [9.17, 15) is 13.6 Å². The van der Waals surface area contributed by atoms with Crippen LogP contribution in [-0.2, 0) is 0 Å². The Morgan fingerprint density at radius 3 is 2.91 bits per heavy atom. The summed E-state index contributed by atoms with van der Waals surface area (Å²) in [5, 5.41) is 3.70. The molecule has 22 heavy (non-hydrogen) atoms. The van der Waals surface area contributed by atoms with Crippen molar-refractivity contribution < 1.29 is 13.6 Å². The fourth-order valence-electron chi connectivity index (χ4n) is 3.66. The molecule has 1 amide bonds. The molecular weight excluding hydrogens is 288 g/mol.